The number of anilines is 1. The SMILES string of the molecule is CCOc1ccc(N2C(=S)NC(c3ccccn3)C2c2ccc(-c3ccc(Cl)cc3)o2)cc1. The Morgan fingerprint density at radius 1 is 1.03 bits per heavy atom. The van der Waals surface area contributed by atoms with Gasteiger partial charge < -0.3 is 19.4 Å². The van der Waals surface area contributed by atoms with Gasteiger partial charge in [-0.2, -0.15) is 0 Å². The van der Waals surface area contributed by atoms with E-state index in [1.54, 1.807) is 6.20 Å². The van der Waals surface area contributed by atoms with E-state index in [0.717, 1.165) is 34.2 Å². The molecular formula is C26H22ClN3O2S. The number of furan rings is 1. The zero-order valence-corrected chi connectivity index (χ0v) is 19.5. The maximum atomic E-state index is 6.37. The summed E-state index contributed by atoms with van der Waals surface area (Å²) in [5, 5.41) is 4.75. The topological polar surface area (TPSA) is 50.5 Å². The lowest BCUT2D eigenvalue weighted by molar-refractivity contribution is 0.340. The van der Waals surface area contributed by atoms with E-state index in [1.807, 2.05) is 85.8 Å². The molecule has 4 aromatic rings. The summed E-state index contributed by atoms with van der Waals surface area (Å²) in [6.07, 6.45) is 1.79. The average molecular weight is 476 g/mol. The van der Waals surface area contributed by atoms with Gasteiger partial charge in [0.05, 0.1) is 18.3 Å². The number of nitrogens with zero attached hydrogens (tertiary/aromatic N) is 2. The molecule has 0 spiro atoms. The van der Waals surface area contributed by atoms with Gasteiger partial charge in [-0.15, -0.1) is 0 Å². The van der Waals surface area contributed by atoms with Gasteiger partial charge in [0.15, 0.2) is 5.11 Å². The molecule has 5 rings (SSSR count). The zero-order valence-electron chi connectivity index (χ0n) is 17.9. The Kier molecular flexibility index (Phi) is 6.03. The molecule has 2 atom stereocenters. The molecule has 5 nitrogen and oxygen atoms in total. The molecule has 0 bridgehead atoms. The summed E-state index contributed by atoms with van der Waals surface area (Å²) in [4.78, 5) is 6.67. The number of aromatic nitrogens is 1. The Morgan fingerprint density at radius 3 is 2.52 bits per heavy atom. The fourth-order valence-corrected chi connectivity index (χ4v) is 4.54. The van der Waals surface area contributed by atoms with Crippen LogP contribution in [0.4, 0.5) is 5.69 Å². The van der Waals surface area contributed by atoms with Crippen molar-refractivity contribution in [2.75, 3.05) is 11.5 Å². The van der Waals surface area contributed by atoms with Gasteiger partial charge in [0.1, 0.15) is 23.3 Å². The quantitative estimate of drug-likeness (QED) is 0.318. The number of hydrogen-bond acceptors (Lipinski definition) is 4. The van der Waals surface area contributed by atoms with E-state index in [0.29, 0.717) is 16.7 Å². The standard InChI is InChI=1S/C26H22ClN3O2S/c1-2-31-20-12-10-19(11-13-20)30-25(24(29-26(30)33)21-5-3-4-16-28-21)23-15-14-22(32-23)17-6-8-18(27)9-7-17/h3-16,24-25H,2H2,1H3,(H,29,33). The van der Waals surface area contributed by atoms with Gasteiger partial charge in [-0.05, 0) is 91.9 Å². The van der Waals surface area contributed by atoms with Crippen molar-refractivity contribution in [1.29, 1.82) is 0 Å². The second kappa shape index (κ2) is 9.25. The highest BCUT2D eigenvalue weighted by Gasteiger charge is 2.42. The van der Waals surface area contributed by atoms with Gasteiger partial charge in [-0.25, -0.2) is 0 Å². The van der Waals surface area contributed by atoms with Crippen LogP contribution in [0.25, 0.3) is 11.3 Å². The molecule has 2 aromatic carbocycles. The number of nitrogens with one attached hydrogen (secondary N) is 1. The summed E-state index contributed by atoms with van der Waals surface area (Å²) in [7, 11) is 0. The molecule has 1 N–H and O–H groups in total. The third-order valence-electron chi connectivity index (χ3n) is 5.57. The van der Waals surface area contributed by atoms with Crippen LogP contribution in [0.1, 0.15) is 30.5 Å². The average Bonchev–Trinajstić information content (AvgIpc) is 3.46. The molecule has 1 saturated heterocycles. The molecule has 2 unspecified atom stereocenters. The van der Waals surface area contributed by atoms with E-state index >= 15 is 0 Å². The summed E-state index contributed by atoms with van der Waals surface area (Å²) >= 11 is 11.8. The van der Waals surface area contributed by atoms with Gasteiger partial charge in [0.2, 0.25) is 0 Å². The molecule has 166 valence electrons. The number of thiocarbonyl (C=S) groups is 1. The third-order valence-corrected chi connectivity index (χ3v) is 6.14. The minimum atomic E-state index is -0.216. The number of pyridine rings is 1. The van der Waals surface area contributed by atoms with Crippen LogP contribution in [0, 0.1) is 0 Å². The molecule has 1 aliphatic rings. The zero-order chi connectivity index (χ0) is 22.8. The van der Waals surface area contributed by atoms with Crippen molar-refractivity contribution in [2.45, 2.75) is 19.0 Å². The Labute approximate surface area is 203 Å². The second-order valence-corrected chi connectivity index (χ2v) is 8.46. The predicted octanol–water partition coefficient (Wildman–Crippen LogP) is 6.57. The van der Waals surface area contributed by atoms with E-state index in [9.17, 15) is 0 Å². The maximum absolute atomic E-state index is 6.37. The molecule has 0 aliphatic carbocycles. The normalized spacial score (nSPS) is 17.8. The fourth-order valence-electron chi connectivity index (χ4n) is 4.07. The van der Waals surface area contributed by atoms with Gasteiger partial charge in [-0.1, -0.05) is 17.7 Å². The minimum Gasteiger partial charge on any atom is -0.494 e. The predicted molar refractivity (Wildman–Crippen MR) is 135 cm³/mol. The lowest BCUT2D eigenvalue weighted by Gasteiger charge is -2.26. The molecule has 7 heteroatoms. The van der Waals surface area contributed by atoms with Crippen LogP contribution < -0.4 is 15.0 Å². The van der Waals surface area contributed by atoms with E-state index in [-0.39, 0.29) is 12.1 Å². The van der Waals surface area contributed by atoms with Gasteiger partial charge in [0, 0.05) is 22.5 Å². The first-order valence-electron chi connectivity index (χ1n) is 10.7. The number of ether oxygens (including phenoxy) is 1. The number of hydrogen-bond donors (Lipinski definition) is 1. The highest BCUT2D eigenvalue weighted by molar-refractivity contribution is 7.80. The van der Waals surface area contributed by atoms with Crippen LogP contribution in [0.5, 0.6) is 5.75 Å². The molecule has 0 radical (unpaired) electrons. The number of halogens is 1. The summed E-state index contributed by atoms with van der Waals surface area (Å²) < 4.78 is 12.0. The van der Waals surface area contributed by atoms with Crippen LogP contribution in [-0.2, 0) is 0 Å². The lowest BCUT2D eigenvalue weighted by Crippen LogP contribution is -2.29. The Bertz CT molecular complexity index is 1240. The van der Waals surface area contributed by atoms with Crippen LogP contribution in [0.3, 0.4) is 0 Å². The van der Waals surface area contributed by atoms with Crippen molar-refractivity contribution < 1.29 is 9.15 Å². The van der Waals surface area contributed by atoms with E-state index in [4.69, 9.17) is 33.0 Å². The van der Waals surface area contributed by atoms with Gasteiger partial charge in [-0.3, -0.25) is 4.98 Å². The monoisotopic (exact) mass is 475 g/mol. The maximum Gasteiger partial charge on any atom is 0.174 e. The van der Waals surface area contributed by atoms with Crippen molar-refractivity contribution in [3.05, 3.63) is 102 Å². The van der Waals surface area contributed by atoms with Gasteiger partial charge in [0.25, 0.3) is 0 Å². The Hall–Kier alpha value is -3.35. The Balaban J connectivity index is 1.55. The van der Waals surface area contributed by atoms with Crippen molar-refractivity contribution in [3.63, 3.8) is 0 Å². The van der Waals surface area contributed by atoms with Gasteiger partial charge >= 0.3 is 0 Å². The summed E-state index contributed by atoms with van der Waals surface area (Å²) in [5.41, 5.74) is 2.80. The molecule has 1 fully saturated rings. The molecular weight excluding hydrogens is 454 g/mol. The highest BCUT2D eigenvalue weighted by atomic mass is 35.5. The van der Waals surface area contributed by atoms with Crippen molar-refractivity contribution in [2.24, 2.45) is 0 Å². The van der Waals surface area contributed by atoms with E-state index in [2.05, 4.69) is 15.2 Å². The van der Waals surface area contributed by atoms with Crippen molar-refractivity contribution >= 4 is 34.6 Å². The molecule has 0 saturated carbocycles. The second-order valence-electron chi connectivity index (χ2n) is 7.63. The van der Waals surface area contributed by atoms with Crippen molar-refractivity contribution in [1.82, 2.24) is 10.3 Å². The fraction of sp³-hybridized carbons (Fsp3) is 0.154. The third kappa shape index (κ3) is 4.32. The number of rotatable bonds is 6. The first-order valence-corrected chi connectivity index (χ1v) is 11.5. The molecule has 33 heavy (non-hydrogen) atoms. The summed E-state index contributed by atoms with van der Waals surface area (Å²) in [5.74, 6) is 2.38. The first-order chi connectivity index (χ1) is 16.1. The number of benzene rings is 2. The minimum absolute atomic E-state index is 0.172. The molecule has 2 aromatic heterocycles. The molecule has 1 aliphatic heterocycles. The first kappa shape index (κ1) is 21.5. The lowest BCUT2D eigenvalue weighted by atomic mass is 10.0. The summed E-state index contributed by atoms with van der Waals surface area (Å²) in [6.45, 7) is 2.59. The van der Waals surface area contributed by atoms with Crippen molar-refractivity contribution in [3.8, 4) is 17.1 Å². The van der Waals surface area contributed by atoms with E-state index in [1.165, 1.54) is 0 Å². The molecule has 0 amide bonds. The highest BCUT2D eigenvalue weighted by Crippen LogP contribution is 2.43. The van der Waals surface area contributed by atoms with E-state index < -0.39 is 0 Å². The van der Waals surface area contributed by atoms with Crippen LogP contribution in [0.15, 0.2) is 89.5 Å². The largest absolute Gasteiger partial charge is 0.494 e. The Morgan fingerprint density at radius 2 is 1.82 bits per heavy atom. The smallest absolute Gasteiger partial charge is 0.174 e. The van der Waals surface area contributed by atoms with Crippen LogP contribution >= 0.6 is 23.8 Å². The molecule has 3 heterocycles. The van der Waals surface area contributed by atoms with Crippen LogP contribution in [0.2, 0.25) is 5.02 Å². The van der Waals surface area contributed by atoms with Crippen LogP contribution in [-0.4, -0.2) is 16.7 Å². The summed E-state index contributed by atoms with van der Waals surface area (Å²) in [6, 6.07) is 25.0.